The van der Waals surface area contributed by atoms with Crippen molar-refractivity contribution in [1.82, 2.24) is 10.2 Å². The van der Waals surface area contributed by atoms with Gasteiger partial charge >= 0.3 is 0 Å². The Balaban J connectivity index is 1.81. The first kappa shape index (κ1) is 21.6. The molecule has 1 aromatic rings. The monoisotopic (exact) mass is 440 g/mol. The van der Waals surface area contributed by atoms with Gasteiger partial charge in [0.2, 0.25) is 5.91 Å². The van der Waals surface area contributed by atoms with E-state index in [0.29, 0.717) is 29.8 Å². The van der Waals surface area contributed by atoms with Crippen molar-refractivity contribution in [3.63, 3.8) is 0 Å². The van der Waals surface area contributed by atoms with E-state index in [2.05, 4.69) is 40.0 Å². The highest BCUT2D eigenvalue weighted by molar-refractivity contribution is 9.10. The standard InChI is InChI=1S/C19H29BrN4O3/c1-3-22(4-2)11-5-10-21-19(25)15-8-12-23(13-9-15)17-7-6-16(20)14-18(17)24(26)27/h6-7,14-15H,3-5,8-13H2,1-2H3,(H,21,25). The van der Waals surface area contributed by atoms with Crippen LogP contribution in [0, 0.1) is 16.0 Å². The number of nitrogens with zero attached hydrogens (tertiary/aromatic N) is 3. The lowest BCUT2D eigenvalue weighted by molar-refractivity contribution is -0.384. The van der Waals surface area contributed by atoms with Gasteiger partial charge in [-0.05, 0) is 51.0 Å². The first-order valence-corrected chi connectivity index (χ1v) is 10.4. The largest absolute Gasteiger partial charge is 0.366 e. The number of anilines is 1. The SMILES string of the molecule is CCN(CC)CCCNC(=O)C1CCN(c2ccc(Br)cc2[N+](=O)[O-])CC1. The molecule has 0 bridgehead atoms. The molecule has 0 aliphatic carbocycles. The number of nitro groups is 1. The molecule has 8 heteroatoms. The first-order chi connectivity index (χ1) is 13.0. The Kier molecular flexibility index (Phi) is 8.50. The molecule has 1 heterocycles. The summed E-state index contributed by atoms with van der Waals surface area (Å²) in [4.78, 5) is 27.7. The fourth-order valence-corrected chi connectivity index (χ4v) is 3.84. The number of halogens is 1. The fourth-order valence-electron chi connectivity index (χ4n) is 3.49. The number of nitro benzene ring substituents is 1. The molecule has 0 saturated carbocycles. The Morgan fingerprint density at radius 3 is 2.59 bits per heavy atom. The van der Waals surface area contributed by atoms with Crippen molar-refractivity contribution in [2.45, 2.75) is 33.1 Å². The fraction of sp³-hybridized carbons (Fsp3) is 0.632. The van der Waals surface area contributed by atoms with Crippen molar-refractivity contribution >= 4 is 33.2 Å². The summed E-state index contributed by atoms with van der Waals surface area (Å²) in [5.41, 5.74) is 0.727. The average molecular weight is 441 g/mol. The molecule has 0 spiro atoms. The number of hydrogen-bond acceptors (Lipinski definition) is 5. The number of amides is 1. The van der Waals surface area contributed by atoms with Crippen LogP contribution >= 0.6 is 15.9 Å². The molecule has 7 nitrogen and oxygen atoms in total. The van der Waals surface area contributed by atoms with Crippen LogP contribution in [0.1, 0.15) is 33.1 Å². The summed E-state index contributed by atoms with van der Waals surface area (Å²) in [7, 11) is 0. The highest BCUT2D eigenvalue weighted by Crippen LogP contribution is 2.33. The van der Waals surface area contributed by atoms with E-state index in [1.165, 1.54) is 6.07 Å². The molecule has 0 unspecified atom stereocenters. The van der Waals surface area contributed by atoms with E-state index in [9.17, 15) is 14.9 Å². The third-order valence-electron chi connectivity index (χ3n) is 5.19. The lowest BCUT2D eigenvalue weighted by Gasteiger charge is -2.32. The van der Waals surface area contributed by atoms with Crippen molar-refractivity contribution < 1.29 is 9.72 Å². The van der Waals surface area contributed by atoms with Crippen LogP contribution in [0.15, 0.2) is 22.7 Å². The molecule has 1 aromatic carbocycles. The maximum absolute atomic E-state index is 12.4. The smallest absolute Gasteiger partial charge is 0.293 e. The van der Waals surface area contributed by atoms with Crippen LogP contribution in [-0.4, -0.2) is 55.0 Å². The number of nitrogens with one attached hydrogen (secondary N) is 1. The maximum Gasteiger partial charge on any atom is 0.293 e. The Labute approximate surface area is 169 Å². The third-order valence-corrected chi connectivity index (χ3v) is 5.68. The molecular weight excluding hydrogens is 412 g/mol. The number of carbonyl (C=O) groups is 1. The number of rotatable bonds is 9. The van der Waals surface area contributed by atoms with Gasteiger partial charge in [0.05, 0.1) is 4.92 Å². The lowest BCUT2D eigenvalue weighted by Crippen LogP contribution is -2.41. The topological polar surface area (TPSA) is 78.7 Å². The molecule has 1 amide bonds. The molecule has 1 aliphatic heterocycles. The molecule has 0 atom stereocenters. The Bertz CT molecular complexity index is 644. The van der Waals surface area contributed by atoms with Crippen molar-refractivity contribution in [2.24, 2.45) is 5.92 Å². The molecule has 0 aromatic heterocycles. The molecule has 1 aliphatic rings. The van der Waals surface area contributed by atoms with E-state index in [0.717, 1.165) is 38.9 Å². The Hall–Kier alpha value is -1.67. The maximum atomic E-state index is 12.4. The van der Waals surface area contributed by atoms with Crippen LogP contribution in [0.4, 0.5) is 11.4 Å². The van der Waals surface area contributed by atoms with Crippen molar-refractivity contribution in [2.75, 3.05) is 44.2 Å². The summed E-state index contributed by atoms with van der Waals surface area (Å²) >= 11 is 3.29. The summed E-state index contributed by atoms with van der Waals surface area (Å²) in [5, 5.41) is 14.4. The number of carbonyl (C=O) groups excluding carboxylic acids is 1. The van der Waals surface area contributed by atoms with E-state index in [1.54, 1.807) is 6.07 Å². The minimum atomic E-state index is -0.352. The van der Waals surface area contributed by atoms with Crippen LogP contribution in [0.25, 0.3) is 0 Å². The molecule has 0 radical (unpaired) electrons. The van der Waals surface area contributed by atoms with Gasteiger partial charge < -0.3 is 15.1 Å². The first-order valence-electron chi connectivity index (χ1n) is 9.65. The zero-order valence-electron chi connectivity index (χ0n) is 16.1. The van der Waals surface area contributed by atoms with Gasteiger partial charge in [-0.1, -0.05) is 29.8 Å². The van der Waals surface area contributed by atoms with E-state index < -0.39 is 0 Å². The molecule has 1 fully saturated rings. The second-order valence-electron chi connectivity index (χ2n) is 6.82. The van der Waals surface area contributed by atoms with Gasteiger partial charge in [-0.25, -0.2) is 0 Å². The molecular formula is C19H29BrN4O3. The van der Waals surface area contributed by atoms with Gasteiger partial charge in [0.15, 0.2) is 0 Å². The zero-order chi connectivity index (χ0) is 19.8. The lowest BCUT2D eigenvalue weighted by atomic mass is 9.95. The predicted molar refractivity (Wildman–Crippen MR) is 111 cm³/mol. The van der Waals surface area contributed by atoms with Gasteiger partial charge in [0.1, 0.15) is 5.69 Å². The summed E-state index contributed by atoms with van der Waals surface area (Å²) < 4.78 is 0.692. The van der Waals surface area contributed by atoms with Crippen LogP contribution < -0.4 is 10.2 Å². The van der Waals surface area contributed by atoms with Gasteiger partial charge in [-0.3, -0.25) is 14.9 Å². The van der Waals surface area contributed by atoms with Crippen LogP contribution in [0.5, 0.6) is 0 Å². The van der Waals surface area contributed by atoms with Crippen LogP contribution in [0.2, 0.25) is 0 Å². The summed E-state index contributed by atoms with van der Waals surface area (Å²) in [5.74, 6) is 0.101. The highest BCUT2D eigenvalue weighted by atomic mass is 79.9. The Morgan fingerprint density at radius 2 is 2.00 bits per heavy atom. The highest BCUT2D eigenvalue weighted by Gasteiger charge is 2.28. The van der Waals surface area contributed by atoms with Gasteiger partial charge in [0.25, 0.3) is 5.69 Å². The van der Waals surface area contributed by atoms with Crippen LogP contribution in [-0.2, 0) is 4.79 Å². The van der Waals surface area contributed by atoms with Gasteiger partial charge in [-0.2, -0.15) is 0 Å². The van der Waals surface area contributed by atoms with Gasteiger partial charge in [-0.15, -0.1) is 0 Å². The number of piperidine rings is 1. The summed E-state index contributed by atoms with van der Waals surface area (Å²) in [6.45, 7) is 9.36. The number of hydrogen-bond donors (Lipinski definition) is 1. The van der Waals surface area contributed by atoms with Crippen molar-refractivity contribution in [3.05, 3.63) is 32.8 Å². The minimum absolute atomic E-state index is 0.00999. The average Bonchev–Trinajstić information content (AvgIpc) is 2.68. The van der Waals surface area contributed by atoms with Crippen LogP contribution in [0.3, 0.4) is 0 Å². The Morgan fingerprint density at radius 1 is 1.33 bits per heavy atom. The molecule has 1 saturated heterocycles. The van der Waals surface area contributed by atoms with Crippen molar-refractivity contribution in [1.29, 1.82) is 0 Å². The molecule has 1 N–H and O–H groups in total. The van der Waals surface area contributed by atoms with E-state index in [4.69, 9.17) is 0 Å². The second-order valence-corrected chi connectivity index (χ2v) is 7.74. The zero-order valence-corrected chi connectivity index (χ0v) is 17.7. The predicted octanol–water partition coefficient (Wildman–Crippen LogP) is 3.42. The number of benzene rings is 1. The molecule has 27 heavy (non-hydrogen) atoms. The van der Waals surface area contributed by atoms with Crippen molar-refractivity contribution in [3.8, 4) is 0 Å². The van der Waals surface area contributed by atoms with Gasteiger partial charge in [0, 0.05) is 36.1 Å². The molecule has 150 valence electrons. The minimum Gasteiger partial charge on any atom is -0.366 e. The normalized spacial score (nSPS) is 15.2. The van der Waals surface area contributed by atoms with E-state index in [-0.39, 0.29) is 22.4 Å². The quantitative estimate of drug-likeness (QED) is 0.361. The van der Waals surface area contributed by atoms with E-state index in [1.807, 2.05) is 11.0 Å². The molecule has 2 rings (SSSR count). The summed E-state index contributed by atoms with van der Waals surface area (Å²) in [6, 6.07) is 5.12. The summed E-state index contributed by atoms with van der Waals surface area (Å²) in [6.07, 6.45) is 2.39. The van der Waals surface area contributed by atoms with E-state index >= 15 is 0 Å². The third kappa shape index (κ3) is 6.17. The second kappa shape index (κ2) is 10.6.